The number of amides is 3. The summed E-state index contributed by atoms with van der Waals surface area (Å²) in [5, 5.41) is 9.57. The van der Waals surface area contributed by atoms with Crippen molar-refractivity contribution in [2.45, 2.75) is 39.3 Å². The van der Waals surface area contributed by atoms with Gasteiger partial charge in [-0.2, -0.15) is 4.98 Å². The predicted molar refractivity (Wildman–Crippen MR) is 147 cm³/mol. The summed E-state index contributed by atoms with van der Waals surface area (Å²) < 4.78 is 18.7. The minimum Gasteiger partial charge on any atom is -0.349 e. The number of aromatic nitrogens is 4. The van der Waals surface area contributed by atoms with E-state index in [1.165, 1.54) is 17.0 Å². The maximum absolute atomic E-state index is 13.5. The van der Waals surface area contributed by atoms with E-state index in [4.69, 9.17) is 4.52 Å². The van der Waals surface area contributed by atoms with Crippen LogP contribution in [0, 0.1) is 12.7 Å². The number of hydrogen-bond donors (Lipinski definition) is 2. The van der Waals surface area contributed by atoms with Gasteiger partial charge in [-0.05, 0) is 36.6 Å². The maximum atomic E-state index is 13.5. The van der Waals surface area contributed by atoms with Crippen molar-refractivity contribution in [3.05, 3.63) is 94.6 Å². The third-order valence-corrected chi connectivity index (χ3v) is 6.34. The Labute approximate surface area is 236 Å². The number of nitrogens with one attached hydrogen (secondary N) is 2. The van der Waals surface area contributed by atoms with Gasteiger partial charge < -0.3 is 20.1 Å². The average molecular weight is 560 g/mol. The van der Waals surface area contributed by atoms with Crippen LogP contribution in [-0.4, -0.2) is 56.8 Å². The fraction of sp³-hybridized carbons (Fsp3) is 0.276. The van der Waals surface area contributed by atoms with Crippen LogP contribution in [0.15, 0.2) is 59.4 Å². The Kier molecular flexibility index (Phi) is 9.12. The first kappa shape index (κ1) is 29.0. The van der Waals surface area contributed by atoms with Gasteiger partial charge in [0.05, 0.1) is 6.04 Å². The number of carbonyl (C=O) groups is 3. The second kappa shape index (κ2) is 12.9. The summed E-state index contributed by atoms with van der Waals surface area (Å²) in [6, 6.07) is 12.8. The van der Waals surface area contributed by atoms with Crippen molar-refractivity contribution in [1.29, 1.82) is 0 Å². The van der Waals surface area contributed by atoms with Gasteiger partial charge in [0.15, 0.2) is 0 Å². The molecule has 0 aliphatic rings. The standard InChI is InChI=1S/C29H30FN7O4/c1-17-13-19(5-10-22(17)30)15-31-28(39)23-14-24(33-16-32-23)29(40)34-18(2)20-6-8-21(9-7-20)27-35-25(41-36-27)11-12-26(38)37(3)4/h5-10,13-14,16,18H,11-12,15H2,1-4H3,(H,31,39)(H,34,40)/t18-/m0/s1. The van der Waals surface area contributed by atoms with Crippen molar-refractivity contribution in [2.24, 2.45) is 0 Å². The van der Waals surface area contributed by atoms with Gasteiger partial charge in [-0.25, -0.2) is 14.4 Å². The summed E-state index contributed by atoms with van der Waals surface area (Å²) in [6.07, 6.45) is 1.78. The van der Waals surface area contributed by atoms with Crippen LogP contribution in [0.1, 0.15) is 62.9 Å². The van der Waals surface area contributed by atoms with Gasteiger partial charge in [-0.15, -0.1) is 0 Å². The first-order valence-electron chi connectivity index (χ1n) is 12.9. The molecular formula is C29H30FN7O4. The Morgan fingerprint density at radius 3 is 2.39 bits per heavy atom. The molecule has 0 spiro atoms. The van der Waals surface area contributed by atoms with Gasteiger partial charge in [0.2, 0.25) is 17.6 Å². The molecule has 0 saturated carbocycles. The van der Waals surface area contributed by atoms with Crippen LogP contribution in [0.4, 0.5) is 4.39 Å². The molecule has 4 rings (SSSR count). The second-order valence-corrected chi connectivity index (χ2v) is 9.67. The molecular weight excluding hydrogens is 529 g/mol. The average Bonchev–Trinajstić information content (AvgIpc) is 3.45. The van der Waals surface area contributed by atoms with Crippen molar-refractivity contribution in [3.8, 4) is 11.4 Å². The Morgan fingerprint density at radius 2 is 1.71 bits per heavy atom. The molecule has 41 heavy (non-hydrogen) atoms. The van der Waals surface area contributed by atoms with E-state index in [1.54, 1.807) is 33.2 Å². The van der Waals surface area contributed by atoms with Crippen LogP contribution in [0.5, 0.6) is 0 Å². The van der Waals surface area contributed by atoms with Crippen LogP contribution in [0.2, 0.25) is 0 Å². The number of aryl methyl sites for hydroxylation is 2. The molecule has 0 aliphatic heterocycles. The van der Waals surface area contributed by atoms with Crippen LogP contribution in [0.25, 0.3) is 11.4 Å². The highest BCUT2D eigenvalue weighted by atomic mass is 19.1. The molecule has 12 heteroatoms. The third kappa shape index (κ3) is 7.56. The van der Waals surface area contributed by atoms with E-state index in [9.17, 15) is 18.8 Å². The minimum absolute atomic E-state index is 0.0245. The van der Waals surface area contributed by atoms with E-state index in [-0.39, 0.29) is 42.1 Å². The molecule has 1 atom stereocenters. The topological polar surface area (TPSA) is 143 Å². The summed E-state index contributed by atoms with van der Waals surface area (Å²) in [5.41, 5.74) is 2.84. The fourth-order valence-corrected chi connectivity index (χ4v) is 3.88. The zero-order valence-corrected chi connectivity index (χ0v) is 23.1. The molecule has 2 aromatic heterocycles. The molecule has 3 amide bonds. The van der Waals surface area contributed by atoms with Gasteiger partial charge in [0.25, 0.3) is 11.8 Å². The minimum atomic E-state index is -0.485. The molecule has 2 heterocycles. The highest BCUT2D eigenvalue weighted by Gasteiger charge is 2.17. The summed E-state index contributed by atoms with van der Waals surface area (Å²) >= 11 is 0. The normalized spacial score (nSPS) is 11.5. The first-order chi connectivity index (χ1) is 19.6. The van der Waals surface area contributed by atoms with Crippen LogP contribution < -0.4 is 10.6 Å². The van der Waals surface area contributed by atoms with Crippen LogP contribution in [0.3, 0.4) is 0 Å². The quantitative estimate of drug-likeness (QED) is 0.301. The Morgan fingerprint density at radius 1 is 1.00 bits per heavy atom. The SMILES string of the molecule is Cc1cc(CNC(=O)c2cc(C(=O)N[C@@H](C)c3ccc(-c4noc(CCC(=O)N(C)C)n4)cc3)ncn2)ccc1F. The predicted octanol–water partition coefficient (Wildman–Crippen LogP) is 3.42. The first-order valence-corrected chi connectivity index (χ1v) is 12.9. The maximum Gasteiger partial charge on any atom is 0.270 e. The monoisotopic (exact) mass is 559 g/mol. The number of carbonyl (C=O) groups excluding carboxylic acids is 3. The van der Waals surface area contributed by atoms with E-state index < -0.39 is 11.8 Å². The number of benzene rings is 2. The number of nitrogens with zero attached hydrogens (tertiary/aromatic N) is 5. The molecule has 11 nitrogen and oxygen atoms in total. The van der Waals surface area contributed by atoms with Crippen molar-refractivity contribution in [2.75, 3.05) is 14.1 Å². The van der Waals surface area contributed by atoms with E-state index in [2.05, 4.69) is 30.7 Å². The molecule has 0 aliphatic carbocycles. The lowest BCUT2D eigenvalue weighted by atomic mass is 10.1. The van der Waals surface area contributed by atoms with Crippen LogP contribution >= 0.6 is 0 Å². The number of hydrogen-bond acceptors (Lipinski definition) is 8. The summed E-state index contributed by atoms with van der Waals surface area (Å²) in [7, 11) is 3.38. The van der Waals surface area contributed by atoms with E-state index in [1.807, 2.05) is 31.2 Å². The largest absolute Gasteiger partial charge is 0.349 e. The molecule has 0 fully saturated rings. The molecule has 0 bridgehead atoms. The van der Waals surface area contributed by atoms with Gasteiger partial charge in [0.1, 0.15) is 23.5 Å². The lowest BCUT2D eigenvalue weighted by Gasteiger charge is -2.14. The molecule has 0 saturated heterocycles. The molecule has 4 aromatic rings. The van der Waals surface area contributed by atoms with Crippen LogP contribution in [-0.2, 0) is 17.8 Å². The van der Waals surface area contributed by atoms with Crippen molar-refractivity contribution < 1.29 is 23.3 Å². The van der Waals surface area contributed by atoms with Gasteiger partial charge >= 0.3 is 0 Å². The number of halogens is 1. The lowest BCUT2D eigenvalue weighted by Crippen LogP contribution is -2.29. The molecule has 0 radical (unpaired) electrons. The highest BCUT2D eigenvalue weighted by molar-refractivity contribution is 5.97. The summed E-state index contributed by atoms with van der Waals surface area (Å²) in [4.78, 5) is 51.1. The Hall–Kier alpha value is -5.00. The Bertz CT molecular complexity index is 1550. The summed E-state index contributed by atoms with van der Waals surface area (Å²) in [6.45, 7) is 3.65. The lowest BCUT2D eigenvalue weighted by molar-refractivity contribution is -0.128. The zero-order chi connectivity index (χ0) is 29.5. The van der Waals surface area contributed by atoms with E-state index in [0.29, 0.717) is 23.7 Å². The summed E-state index contributed by atoms with van der Waals surface area (Å²) in [5.74, 6) is -0.513. The molecule has 212 valence electrons. The van der Waals surface area contributed by atoms with Gasteiger partial charge in [-0.1, -0.05) is 41.6 Å². The van der Waals surface area contributed by atoms with E-state index >= 15 is 0 Å². The zero-order valence-electron chi connectivity index (χ0n) is 23.1. The van der Waals surface area contributed by atoms with Gasteiger partial charge in [-0.3, -0.25) is 14.4 Å². The fourth-order valence-electron chi connectivity index (χ4n) is 3.88. The van der Waals surface area contributed by atoms with Gasteiger partial charge in [0, 0.05) is 45.1 Å². The van der Waals surface area contributed by atoms with Crippen molar-refractivity contribution >= 4 is 17.7 Å². The highest BCUT2D eigenvalue weighted by Crippen LogP contribution is 2.20. The second-order valence-electron chi connectivity index (χ2n) is 9.67. The number of rotatable bonds is 10. The van der Waals surface area contributed by atoms with Crippen molar-refractivity contribution in [1.82, 2.24) is 35.6 Å². The molecule has 0 unspecified atom stereocenters. The molecule has 2 N–H and O–H groups in total. The smallest absolute Gasteiger partial charge is 0.270 e. The Balaban J connectivity index is 1.33. The third-order valence-electron chi connectivity index (χ3n) is 6.34. The molecule has 2 aromatic carbocycles. The van der Waals surface area contributed by atoms with E-state index in [0.717, 1.165) is 23.0 Å². The van der Waals surface area contributed by atoms with Crippen molar-refractivity contribution in [3.63, 3.8) is 0 Å².